The fourth-order valence-corrected chi connectivity index (χ4v) is 5.62. The van der Waals surface area contributed by atoms with Gasteiger partial charge in [-0.1, -0.05) is 26.8 Å². The maximum Gasteiger partial charge on any atom is 0.573 e. The number of rotatable bonds is 6. The molecule has 38 heavy (non-hydrogen) atoms. The molecule has 0 bridgehead atoms. The first-order chi connectivity index (χ1) is 17.6. The normalized spacial score (nSPS) is 19.8. The summed E-state index contributed by atoms with van der Waals surface area (Å²) in [7, 11) is 0. The molecular weight excluding hydrogens is 495 g/mol. The van der Waals surface area contributed by atoms with E-state index in [0.29, 0.717) is 17.6 Å². The van der Waals surface area contributed by atoms with Crippen LogP contribution in [-0.2, 0) is 16.0 Å². The van der Waals surface area contributed by atoms with Crippen LogP contribution in [0.15, 0.2) is 42.5 Å². The van der Waals surface area contributed by atoms with Crippen molar-refractivity contribution in [3.8, 4) is 5.75 Å². The van der Waals surface area contributed by atoms with Crippen molar-refractivity contribution >= 4 is 28.6 Å². The third-order valence-corrected chi connectivity index (χ3v) is 6.60. The van der Waals surface area contributed by atoms with Crippen molar-refractivity contribution in [3.63, 3.8) is 0 Å². The Bertz CT molecular complexity index is 1290. The van der Waals surface area contributed by atoms with Gasteiger partial charge in [0.05, 0.1) is 17.5 Å². The summed E-state index contributed by atoms with van der Waals surface area (Å²) >= 11 is 0. The molecule has 1 aliphatic carbocycles. The summed E-state index contributed by atoms with van der Waals surface area (Å²) in [5, 5.41) is 3.31. The van der Waals surface area contributed by atoms with Gasteiger partial charge in [0, 0.05) is 11.7 Å². The standard InChI is InChI=1S/C29H36F3N3O3/c1-18-13-21(17-28(5,6)16-18)35-24-12-7-19(15-25(36)38-27(2,3)4)14-23(24)34-26(35)33-20-8-10-22(11-9-20)37-29(30,31)32/h7-12,14,18,21H,13,15-17H2,1-6H3,(H,33,34)/t18-,21+/m1/s1. The van der Waals surface area contributed by atoms with Crippen LogP contribution in [0, 0.1) is 11.3 Å². The van der Waals surface area contributed by atoms with E-state index in [1.807, 2.05) is 39.0 Å². The van der Waals surface area contributed by atoms with Crippen LogP contribution in [0.25, 0.3) is 11.0 Å². The lowest BCUT2D eigenvalue weighted by Crippen LogP contribution is -2.29. The first-order valence-electron chi connectivity index (χ1n) is 12.9. The minimum atomic E-state index is -4.75. The highest BCUT2D eigenvalue weighted by Gasteiger charge is 2.35. The molecule has 6 nitrogen and oxygen atoms in total. The molecule has 3 aromatic rings. The first-order valence-corrected chi connectivity index (χ1v) is 12.9. The zero-order valence-electron chi connectivity index (χ0n) is 22.8. The number of hydrogen-bond acceptors (Lipinski definition) is 5. The average Bonchev–Trinajstić information content (AvgIpc) is 3.08. The van der Waals surface area contributed by atoms with E-state index < -0.39 is 12.0 Å². The predicted octanol–water partition coefficient (Wildman–Crippen LogP) is 7.95. The Morgan fingerprint density at radius 2 is 1.79 bits per heavy atom. The SMILES string of the molecule is C[C@@H]1C[C@H](n2c(Nc3ccc(OC(F)(F)F)cc3)nc3cc(CC(=O)OC(C)(C)C)ccc32)CC(C)(C)C1. The molecule has 0 radical (unpaired) electrons. The number of esters is 1. The van der Waals surface area contributed by atoms with Gasteiger partial charge in [-0.15, -0.1) is 13.2 Å². The maximum absolute atomic E-state index is 12.6. The topological polar surface area (TPSA) is 65.4 Å². The molecule has 0 saturated heterocycles. The molecule has 4 rings (SSSR count). The van der Waals surface area contributed by atoms with E-state index in [1.165, 1.54) is 24.3 Å². The van der Waals surface area contributed by atoms with Crippen LogP contribution in [0.1, 0.15) is 72.4 Å². The fraction of sp³-hybridized carbons (Fsp3) is 0.517. The number of ether oxygens (including phenoxy) is 2. The Labute approximate surface area is 221 Å². The van der Waals surface area contributed by atoms with E-state index in [1.54, 1.807) is 0 Å². The molecule has 1 aliphatic rings. The molecule has 2 atom stereocenters. The van der Waals surface area contributed by atoms with E-state index in [-0.39, 0.29) is 29.6 Å². The average molecular weight is 532 g/mol. The number of carbonyl (C=O) groups excluding carboxylic acids is 1. The summed E-state index contributed by atoms with van der Waals surface area (Å²) in [6.07, 6.45) is -1.52. The third-order valence-electron chi connectivity index (χ3n) is 6.60. The molecule has 1 fully saturated rings. The molecule has 1 aromatic heterocycles. The smallest absolute Gasteiger partial charge is 0.460 e. The molecular formula is C29H36F3N3O3. The number of carbonyl (C=O) groups is 1. The summed E-state index contributed by atoms with van der Waals surface area (Å²) < 4.78 is 49.4. The summed E-state index contributed by atoms with van der Waals surface area (Å²) in [5.74, 6) is 0.540. The second kappa shape index (κ2) is 10.2. The second-order valence-corrected chi connectivity index (χ2v) is 12.2. The molecule has 1 heterocycles. The fourth-order valence-electron chi connectivity index (χ4n) is 5.62. The van der Waals surface area contributed by atoms with Crippen LogP contribution in [0.4, 0.5) is 24.8 Å². The van der Waals surface area contributed by atoms with Gasteiger partial charge >= 0.3 is 12.3 Å². The molecule has 0 unspecified atom stereocenters. The summed E-state index contributed by atoms with van der Waals surface area (Å²) in [6.45, 7) is 12.3. The van der Waals surface area contributed by atoms with Crippen molar-refractivity contribution in [1.29, 1.82) is 0 Å². The molecule has 1 N–H and O–H groups in total. The molecule has 0 amide bonds. The molecule has 206 valence electrons. The van der Waals surface area contributed by atoms with Gasteiger partial charge in [-0.25, -0.2) is 4.98 Å². The van der Waals surface area contributed by atoms with Crippen molar-refractivity contribution in [2.24, 2.45) is 11.3 Å². The van der Waals surface area contributed by atoms with Crippen LogP contribution < -0.4 is 10.1 Å². The van der Waals surface area contributed by atoms with Gasteiger partial charge in [-0.05, 0) is 93.3 Å². The van der Waals surface area contributed by atoms with Gasteiger partial charge in [-0.3, -0.25) is 4.79 Å². The van der Waals surface area contributed by atoms with Crippen molar-refractivity contribution in [3.05, 3.63) is 48.0 Å². The number of fused-ring (bicyclic) bond motifs is 1. The van der Waals surface area contributed by atoms with Crippen LogP contribution in [0.3, 0.4) is 0 Å². The van der Waals surface area contributed by atoms with Crippen molar-refractivity contribution in [2.75, 3.05) is 5.32 Å². The molecule has 0 aliphatic heterocycles. The van der Waals surface area contributed by atoms with Crippen molar-refractivity contribution < 1.29 is 27.4 Å². The minimum Gasteiger partial charge on any atom is -0.460 e. The quantitative estimate of drug-likeness (QED) is 0.327. The number of anilines is 2. The molecule has 9 heteroatoms. The highest BCUT2D eigenvalue weighted by Crippen LogP contribution is 2.46. The number of benzene rings is 2. The van der Waals surface area contributed by atoms with Gasteiger partial charge in [0.25, 0.3) is 0 Å². The van der Waals surface area contributed by atoms with Gasteiger partial charge in [0.1, 0.15) is 11.4 Å². The largest absolute Gasteiger partial charge is 0.573 e. The monoisotopic (exact) mass is 531 g/mol. The Balaban J connectivity index is 1.68. The van der Waals surface area contributed by atoms with Crippen LogP contribution >= 0.6 is 0 Å². The second-order valence-electron chi connectivity index (χ2n) is 12.2. The third kappa shape index (κ3) is 7.20. The molecule has 2 aromatic carbocycles. The zero-order valence-corrected chi connectivity index (χ0v) is 22.8. The number of imidazole rings is 1. The Morgan fingerprint density at radius 1 is 1.11 bits per heavy atom. The van der Waals surface area contributed by atoms with Crippen LogP contribution in [0.5, 0.6) is 5.75 Å². The summed E-state index contributed by atoms with van der Waals surface area (Å²) in [6, 6.07) is 11.6. The molecule has 0 spiro atoms. The van der Waals surface area contributed by atoms with Crippen molar-refractivity contribution in [2.45, 2.75) is 85.2 Å². The van der Waals surface area contributed by atoms with E-state index >= 15 is 0 Å². The van der Waals surface area contributed by atoms with Gasteiger partial charge in [0.15, 0.2) is 0 Å². The Hall–Kier alpha value is -3.23. The van der Waals surface area contributed by atoms with E-state index in [4.69, 9.17) is 9.72 Å². The van der Waals surface area contributed by atoms with Crippen LogP contribution in [0.2, 0.25) is 0 Å². The van der Waals surface area contributed by atoms with Crippen LogP contribution in [-0.4, -0.2) is 27.5 Å². The van der Waals surface area contributed by atoms with Gasteiger partial charge < -0.3 is 19.4 Å². The predicted molar refractivity (Wildman–Crippen MR) is 142 cm³/mol. The lowest BCUT2D eigenvalue weighted by atomic mass is 9.70. The van der Waals surface area contributed by atoms with Gasteiger partial charge in [-0.2, -0.15) is 0 Å². The summed E-state index contributed by atoms with van der Waals surface area (Å²) in [5.41, 5.74) is 2.66. The van der Waals surface area contributed by atoms with E-state index in [9.17, 15) is 18.0 Å². The Morgan fingerprint density at radius 3 is 2.39 bits per heavy atom. The maximum atomic E-state index is 12.6. The lowest BCUT2D eigenvalue weighted by molar-refractivity contribution is -0.274. The number of nitrogens with one attached hydrogen (secondary N) is 1. The number of aromatic nitrogens is 2. The molecule has 1 saturated carbocycles. The van der Waals surface area contributed by atoms with Crippen molar-refractivity contribution in [1.82, 2.24) is 9.55 Å². The highest BCUT2D eigenvalue weighted by atomic mass is 19.4. The van der Waals surface area contributed by atoms with E-state index in [0.717, 1.165) is 35.9 Å². The number of halogens is 3. The summed E-state index contributed by atoms with van der Waals surface area (Å²) in [4.78, 5) is 17.3. The number of alkyl halides is 3. The number of nitrogens with zero attached hydrogens (tertiary/aromatic N) is 2. The highest BCUT2D eigenvalue weighted by molar-refractivity contribution is 5.82. The lowest BCUT2D eigenvalue weighted by Gasteiger charge is -2.40. The Kier molecular flexibility index (Phi) is 7.43. The zero-order chi connectivity index (χ0) is 27.9. The first kappa shape index (κ1) is 27.8. The minimum absolute atomic E-state index is 0.136. The van der Waals surface area contributed by atoms with Gasteiger partial charge in [0.2, 0.25) is 5.95 Å². The number of hydrogen-bond donors (Lipinski definition) is 1. The van der Waals surface area contributed by atoms with E-state index in [2.05, 4.69) is 35.4 Å².